The van der Waals surface area contributed by atoms with Crippen LogP contribution in [-0.2, 0) is 0 Å². The summed E-state index contributed by atoms with van der Waals surface area (Å²) in [5, 5.41) is 13.8. The van der Waals surface area contributed by atoms with Crippen molar-refractivity contribution in [2.24, 2.45) is 5.73 Å². The fraction of sp³-hybridized carbons (Fsp3) is 0.500. The third kappa shape index (κ3) is 3.16. The summed E-state index contributed by atoms with van der Waals surface area (Å²) in [5.41, 5.74) is 6.01. The summed E-state index contributed by atoms with van der Waals surface area (Å²) in [6.07, 6.45) is 3.26. The standard InChI is InChI=1S/C10H16N4O2/c1-2-4-8(7-11)13-9-5-3-6-12-10(9)14(15)16/h3,5-6,8,13H,2,4,7,11H2,1H3. The molecule has 16 heavy (non-hydrogen) atoms. The van der Waals surface area contributed by atoms with Gasteiger partial charge in [-0.25, -0.2) is 0 Å². The molecule has 0 aromatic carbocycles. The maximum Gasteiger partial charge on any atom is 0.386 e. The lowest BCUT2D eigenvalue weighted by Crippen LogP contribution is -2.28. The molecule has 3 N–H and O–H groups in total. The second-order valence-electron chi connectivity index (χ2n) is 3.50. The Hall–Kier alpha value is -1.69. The number of nitrogens with two attached hydrogens (primary N) is 1. The lowest BCUT2D eigenvalue weighted by atomic mass is 10.1. The Labute approximate surface area is 94.0 Å². The van der Waals surface area contributed by atoms with E-state index in [2.05, 4.69) is 10.3 Å². The first-order chi connectivity index (χ1) is 7.69. The van der Waals surface area contributed by atoms with Crippen molar-refractivity contribution >= 4 is 11.5 Å². The molecule has 1 rings (SSSR count). The molecular weight excluding hydrogens is 208 g/mol. The lowest BCUT2D eigenvalue weighted by Gasteiger charge is -2.16. The quantitative estimate of drug-likeness (QED) is 0.564. The van der Waals surface area contributed by atoms with E-state index in [1.54, 1.807) is 12.1 Å². The van der Waals surface area contributed by atoms with E-state index in [4.69, 9.17) is 5.73 Å². The second-order valence-corrected chi connectivity index (χ2v) is 3.50. The van der Waals surface area contributed by atoms with Crippen LogP contribution in [-0.4, -0.2) is 22.5 Å². The maximum atomic E-state index is 10.7. The van der Waals surface area contributed by atoms with E-state index in [0.29, 0.717) is 12.2 Å². The van der Waals surface area contributed by atoms with Crippen LogP contribution in [0, 0.1) is 10.1 Å². The number of nitrogens with one attached hydrogen (secondary N) is 1. The molecule has 1 heterocycles. The minimum Gasteiger partial charge on any atom is -0.374 e. The van der Waals surface area contributed by atoms with Crippen molar-refractivity contribution in [3.05, 3.63) is 28.4 Å². The van der Waals surface area contributed by atoms with Gasteiger partial charge in [0.15, 0.2) is 0 Å². The minimum atomic E-state index is -0.498. The van der Waals surface area contributed by atoms with Crippen LogP contribution in [0.15, 0.2) is 18.3 Å². The smallest absolute Gasteiger partial charge is 0.374 e. The molecule has 0 aliphatic rings. The molecule has 0 radical (unpaired) electrons. The predicted octanol–water partition coefficient (Wildman–Crippen LogP) is 1.53. The van der Waals surface area contributed by atoms with E-state index in [1.165, 1.54) is 6.20 Å². The Balaban J connectivity index is 2.82. The number of nitro groups is 1. The molecule has 0 aliphatic heterocycles. The molecule has 0 saturated carbocycles. The number of hydrogen-bond donors (Lipinski definition) is 2. The average molecular weight is 224 g/mol. The van der Waals surface area contributed by atoms with Crippen molar-refractivity contribution in [3.63, 3.8) is 0 Å². The van der Waals surface area contributed by atoms with Gasteiger partial charge in [-0.1, -0.05) is 13.3 Å². The first-order valence-electron chi connectivity index (χ1n) is 5.25. The van der Waals surface area contributed by atoms with Crippen LogP contribution in [0.3, 0.4) is 0 Å². The lowest BCUT2D eigenvalue weighted by molar-refractivity contribution is -0.388. The zero-order valence-electron chi connectivity index (χ0n) is 9.22. The zero-order valence-corrected chi connectivity index (χ0v) is 9.22. The SMILES string of the molecule is CCCC(CN)Nc1cccnc1[N+](=O)[O-]. The van der Waals surface area contributed by atoms with Gasteiger partial charge >= 0.3 is 5.82 Å². The molecule has 0 bridgehead atoms. The second kappa shape index (κ2) is 6.02. The van der Waals surface area contributed by atoms with Gasteiger partial charge in [0.1, 0.15) is 11.9 Å². The Morgan fingerprint density at radius 1 is 1.69 bits per heavy atom. The van der Waals surface area contributed by atoms with Crippen LogP contribution in [0.1, 0.15) is 19.8 Å². The average Bonchev–Trinajstić information content (AvgIpc) is 2.29. The molecule has 0 fully saturated rings. The predicted molar refractivity (Wildman–Crippen MR) is 62.3 cm³/mol. The summed E-state index contributed by atoms with van der Waals surface area (Å²) in [6, 6.07) is 3.35. The van der Waals surface area contributed by atoms with Crippen molar-refractivity contribution in [1.29, 1.82) is 0 Å². The van der Waals surface area contributed by atoms with Crippen molar-refractivity contribution < 1.29 is 4.92 Å². The highest BCUT2D eigenvalue weighted by Crippen LogP contribution is 2.21. The van der Waals surface area contributed by atoms with E-state index in [0.717, 1.165) is 12.8 Å². The first kappa shape index (κ1) is 12.4. The normalized spacial score (nSPS) is 12.1. The highest BCUT2D eigenvalue weighted by molar-refractivity contribution is 5.57. The van der Waals surface area contributed by atoms with Crippen molar-refractivity contribution in [2.45, 2.75) is 25.8 Å². The Bertz CT molecular complexity index is 356. The number of rotatable bonds is 6. The van der Waals surface area contributed by atoms with E-state index < -0.39 is 4.92 Å². The highest BCUT2D eigenvalue weighted by atomic mass is 16.6. The Kier molecular flexibility index (Phi) is 4.65. The van der Waals surface area contributed by atoms with Crippen LogP contribution >= 0.6 is 0 Å². The minimum absolute atomic E-state index is 0.0490. The van der Waals surface area contributed by atoms with Gasteiger partial charge in [0, 0.05) is 12.6 Å². The molecule has 6 nitrogen and oxygen atoms in total. The topological polar surface area (TPSA) is 94.1 Å². The van der Waals surface area contributed by atoms with Crippen molar-refractivity contribution in [1.82, 2.24) is 4.98 Å². The molecular formula is C10H16N4O2. The highest BCUT2D eigenvalue weighted by Gasteiger charge is 2.16. The van der Waals surface area contributed by atoms with E-state index in [9.17, 15) is 10.1 Å². The first-order valence-corrected chi connectivity index (χ1v) is 5.25. The van der Waals surface area contributed by atoms with Gasteiger partial charge in [-0.2, -0.15) is 0 Å². The largest absolute Gasteiger partial charge is 0.386 e. The molecule has 1 atom stereocenters. The molecule has 1 aromatic heterocycles. The van der Waals surface area contributed by atoms with Crippen LogP contribution in [0.25, 0.3) is 0 Å². The number of aromatic nitrogens is 1. The van der Waals surface area contributed by atoms with Gasteiger partial charge in [0.05, 0.1) is 0 Å². The van der Waals surface area contributed by atoms with Crippen molar-refractivity contribution in [3.8, 4) is 0 Å². The van der Waals surface area contributed by atoms with Gasteiger partial charge in [0.2, 0.25) is 0 Å². The Morgan fingerprint density at radius 3 is 3.00 bits per heavy atom. The van der Waals surface area contributed by atoms with Crippen LogP contribution in [0.2, 0.25) is 0 Å². The van der Waals surface area contributed by atoms with Gasteiger partial charge in [0.25, 0.3) is 0 Å². The van der Waals surface area contributed by atoms with Gasteiger partial charge < -0.3 is 21.2 Å². The monoisotopic (exact) mass is 224 g/mol. The van der Waals surface area contributed by atoms with Crippen LogP contribution < -0.4 is 11.1 Å². The summed E-state index contributed by atoms with van der Waals surface area (Å²) >= 11 is 0. The van der Waals surface area contributed by atoms with Gasteiger partial charge in [-0.15, -0.1) is 0 Å². The van der Waals surface area contributed by atoms with Gasteiger partial charge in [-0.3, -0.25) is 0 Å². The third-order valence-corrected chi connectivity index (χ3v) is 2.24. The van der Waals surface area contributed by atoms with E-state index in [1.807, 2.05) is 6.92 Å². The molecule has 1 unspecified atom stereocenters. The fourth-order valence-corrected chi connectivity index (χ4v) is 1.47. The summed E-state index contributed by atoms with van der Waals surface area (Å²) in [5.74, 6) is -0.156. The number of hydrogen-bond acceptors (Lipinski definition) is 5. The van der Waals surface area contributed by atoms with Gasteiger partial charge in [-0.05, 0) is 28.5 Å². The maximum absolute atomic E-state index is 10.7. The number of nitrogens with zero attached hydrogens (tertiary/aromatic N) is 2. The third-order valence-electron chi connectivity index (χ3n) is 2.24. The number of pyridine rings is 1. The Morgan fingerprint density at radius 2 is 2.44 bits per heavy atom. The van der Waals surface area contributed by atoms with Crippen LogP contribution in [0.4, 0.5) is 11.5 Å². The molecule has 0 saturated heterocycles. The van der Waals surface area contributed by atoms with Crippen LogP contribution in [0.5, 0.6) is 0 Å². The summed E-state index contributed by atoms with van der Waals surface area (Å²) in [7, 11) is 0. The summed E-state index contributed by atoms with van der Waals surface area (Å²) in [6.45, 7) is 2.49. The number of anilines is 1. The van der Waals surface area contributed by atoms with E-state index >= 15 is 0 Å². The molecule has 0 aliphatic carbocycles. The summed E-state index contributed by atoms with van der Waals surface area (Å²) < 4.78 is 0. The molecule has 1 aromatic rings. The molecule has 6 heteroatoms. The van der Waals surface area contributed by atoms with E-state index in [-0.39, 0.29) is 11.9 Å². The molecule has 88 valence electrons. The zero-order chi connectivity index (χ0) is 12.0. The molecule has 0 amide bonds. The summed E-state index contributed by atoms with van der Waals surface area (Å²) in [4.78, 5) is 13.9. The molecule has 0 spiro atoms. The van der Waals surface area contributed by atoms with Crippen molar-refractivity contribution in [2.75, 3.05) is 11.9 Å². The fourth-order valence-electron chi connectivity index (χ4n) is 1.47.